The standard InChI is InChI=1S/2C29H28N4.C29H27N3O.C28H27N5/c1-32-17-24-14-25(18-32)33(24)16-19-2-4-20(5-3-19)23-13-27-26(7-9-29(27)31-15-23)21-6-8-28-22(12-21)10-11-30-28;1-32-23-12-24(32)18-33(17-23)16-19-5-7-20(8-6-19)22-11-27-26(9-10-29(27)31-14-22)25-4-2-3-21-13-30-15-28(21)25;1-3-20(4-2-19(1)16-32-17-24-6-7-25(18-32)33-24)23-14-27-26(8-10-29(27)31-15-23)21-5-9-28-22(13-21)11-12-30-28;1-32-23-12-24(32)17-33(16-23)15-18-2-4-19(5-3-18)22-11-25-26(14-31-28(25)30-13-22)20-6-7-27-21(10-20)8-9-29-27/h2-8,10-13,15,24-25,30H,9,14,16-18H2,1H3;2-9,11,14-15,23-24H,10,12-13,16-18H2,1H3;1-5,8-9,11-15,24-25,30H,6-7,10,16-18H2;2-11,13-14,23-24,29H,12,15-17H2,1H3,(H,30,31). The third kappa shape index (κ3) is 15.7. The monoisotopic (exact) mass is 1730 g/mol. The van der Waals surface area contributed by atoms with Crippen molar-refractivity contribution in [1.29, 1.82) is 0 Å². The average molecular weight is 1730 g/mol. The van der Waals surface area contributed by atoms with E-state index in [4.69, 9.17) is 24.7 Å². The van der Waals surface area contributed by atoms with E-state index < -0.39 is 0 Å². The molecule has 17 nitrogen and oxygen atoms in total. The maximum absolute atomic E-state index is 5.98. The number of aliphatic imine (C=N–C) groups is 1. The van der Waals surface area contributed by atoms with Crippen LogP contribution in [0.15, 0.2) is 285 Å². The number of hydrogen-bond acceptors (Lipinski definition) is 13. The molecule has 17 heteroatoms. The third-order valence-corrected chi connectivity index (χ3v) is 31.0. The summed E-state index contributed by atoms with van der Waals surface area (Å²) in [6.07, 6.45) is 35.3. The summed E-state index contributed by atoms with van der Waals surface area (Å²) in [6, 6.07) is 82.9. The van der Waals surface area contributed by atoms with Crippen molar-refractivity contribution in [3.8, 4) is 55.6 Å². The maximum atomic E-state index is 5.98. The van der Waals surface area contributed by atoms with Gasteiger partial charge in [-0.25, -0.2) is 4.98 Å². The van der Waals surface area contributed by atoms with E-state index in [-0.39, 0.29) is 0 Å². The summed E-state index contributed by atoms with van der Waals surface area (Å²) in [7, 11) is 6.79. The molecule has 11 saturated heterocycles. The number of likely N-dealkylation sites (tertiary alicyclic amines) is 1. The Kier molecular flexibility index (Phi) is 20.9. The van der Waals surface area contributed by atoms with Gasteiger partial charge in [0.25, 0.3) is 0 Å². The molecule has 12 aliphatic heterocycles. The van der Waals surface area contributed by atoms with Crippen LogP contribution in [0.1, 0.15) is 116 Å². The highest BCUT2D eigenvalue weighted by atomic mass is 16.5. The number of aromatic amines is 4. The van der Waals surface area contributed by atoms with E-state index in [2.05, 4.69) is 317 Å². The van der Waals surface area contributed by atoms with Crippen molar-refractivity contribution in [2.45, 2.75) is 133 Å². The molecule has 8 unspecified atom stereocenters. The predicted molar refractivity (Wildman–Crippen MR) is 533 cm³/mol. The highest BCUT2D eigenvalue weighted by Gasteiger charge is 2.45. The van der Waals surface area contributed by atoms with E-state index in [0.717, 1.165) is 123 Å². The number of rotatable bonds is 16. The predicted octanol–water partition coefficient (Wildman–Crippen LogP) is 20.5. The van der Waals surface area contributed by atoms with Gasteiger partial charge in [-0.2, -0.15) is 0 Å². The molecule has 8 bridgehead atoms. The largest absolute Gasteiger partial charge is 0.372 e. The van der Waals surface area contributed by atoms with E-state index in [1.54, 1.807) is 0 Å². The minimum atomic E-state index is 0.445. The number of hydrogen-bond donors (Lipinski definition) is 4. The number of aromatic nitrogens is 8. The van der Waals surface area contributed by atoms with Gasteiger partial charge in [0.1, 0.15) is 5.65 Å². The molecule has 15 aliphatic rings. The van der Waals surface area contributed by atoms with Crippen molar-refractivity contribution >= 4 is 66.7 Å². The van der Waals surface area contributed by atoms with Crippen LogP contribution < -0.4 is 0 Å². The fraction of sp³-hybridized carbons (Fsp3) is 0.278. The van der Waals surface area contributed by atoms with Crippen LogP contribution in [-0.2, 0) is 56.7 Å². The lowest BCUT2D eigenvalue weighted by molar-refractivity contribution is -0.0668. The second-order valence-corrected chi connectivity index (χ2v) is 39.3. The SMILES string of the molecule is C1=C(c2ccc3[nH]ccc3c2)c2cc(-c3ccc(CN4CC5CCC(C4)O5)cc3)cnc2C1.CN1C2CC1CN(Cc1ccc(-c3cnc4[nH]cc(-c5ccc6[nH]ccc6c5)c4c3)cc1)C2.CN1C2CC1CN(Cc1ccc(-c3cnc4c(c3)C(c3cccc5c3C=NC5)=CC4)cc1)C2.CN1CC2CC(C1)N2Cc1ccc(-c2cnc3c(c2)C(c2ccc4[nH]ccc4c2)=CC3)cc1. The van der Waals surface area contributed by atoms with E-state index >= 15 is 0 Å². The Morgan fingerprint density at radius 1 is 0.348 bits per heavy atom. The number of ether oxygens (including phenoxy) is 1. The number of nitrogens with one attached hydrogen (secondary N) is 4. The minimum Gasteiger partial charge on any atom is -0.372 e. The van der Waals surface area contributed by atoms with Crippen molar-refractivity contribution < 1.29 is 4.74 Å². The average Bonchev–Trinajstić information content (AvgIpc) is 1.64. The van der Waals surface area contributed by atoms with Crippen LogP contribution >= 0.6 is 0 Å². The lowest BCUT2D eigenvalue weighted by Gasteiger charge is -2.56. The Hall–Kier alpha value is -12.9. The van der Waals surface area contributed by atoms with E-state index in [0.29, 0.717) is 12.2 Å². The van der Waals surface area contributed by atoms with Crippen LogP contribution in [0.2, 0.25) is 0 Å². The molecule has 0 saturated carbocycles. The van der Waals surface area contributed by atoms with Crippen LogP contribution in [0.25, 0.3) is 116 Å². The Morgan fingerprint density at radius 2 is 0.758 bits per heavy atom. The van der Waals surface area contributed by atoms with Gasteiger partial charge in [0, 0.05) is 262 Å². The first-order valence-electron chi connectivity index (χ1n) is 47.9. The Bertz CT molecular complexity index is 7180. The number of pyridine rings is 4. The van der Waals surface area contributed by atoms with E-state index in [1.165, 1.54) is 249 Å². The Balaban J connectivity index is 0.0000000945. The lowest BCUT2D eigenvalue weighted by Crippen LogP contribution is -2.67. The molecule has 8 aromatic carbocycles. The molecule has 656 valence electrons. The zero-order chi connectivity index (χ0) is 87.6. The van der Waals surface area contributed by atoms with Gasteiger partial charge in [0.15, 0.2) is 0 Å². The molecular weight excluding hydrogens is 1620 g/mol. The van der Waals surface area contributed by atoms with Crippen molar-refractivity contribution in [1.82, 2.24) is 74.2 Å². The van der Waals surface area contributed by atoms with Crippen LogP contribution in [0.4, 0.5) is 0 Å². The van der Waals surface area contributed by atoms with Gasteiger partial charge in [-0.3, -0.25) is 49.3 Å². The molecule has 132 heavy (non-hydrogen) atoms. The molecular formula is C115H110N16O. The van der Waals surface area contributed by atoms with Crippen molar-refractivity contribution in [2.24, 2.45) is 4.99 Å². The van der Waals surface area contributed by atoms with Gasteiger partial charge in [-0.05, 0) is 237 Å². The molecule has 0 spiro atoms. The molecule has 20 heterocycles. The second kappa shape index (κ2) is 34.0. The third-order valence-electron chi connectivity index (χ3n) is 31.0. The molecule has 31 rings (SSSR count). The number of likely N-dealkylation sites (N-methyl/N-ethyl adjacent to an activating group) is 3. The summed E-state index contributed by atoms with van der Waals surface area (Å²) in [4.78, 5) is 54.9. The molecule has 0 amide bonds. The summed E-state index contributed by atoms with van der Waals surface area (Å²) in [5.41, 5.74) is 39.6. The summed E-state index contributed by atoms with van der Waals surface area (Å²) < 4.78 is 5.98. The van der Waals surface area contributed by atoms with Crippen molar-refractivity contribution in [3.63, 3.8) is 0 Å². The summed E-state index contributed by atoms with van der Waals surface area (Å²) >= 11 is 0. The quantitative estimate of drug-likeness (QED) is 0.0727. The topological polar surface area (TPSA) is 159 Å². The Labute approximate surface area is 771 Å². The first-order chi connectivity index (χ1) is 64.9. The number of nitrogens with zero attached hydrogens (tertiary/aromatic N) is 12. The van der Waals surface area contributed by atoms with Gasteiger partial charge in [-0.1, -0.05) is 152 Å². The van der Waals surface area contributed by atoms with Crippen molar-refractivity contribution in [2.75, 3.05) is 73.5 Å². The number of piperidine rings is 3. The van der Waals surface area contributed by atoms with Crippen LogP contribution in [0.5, 0.6) is 0 Å². The molecule has 16 aromatic rings. The molecule has 0 radical (unpaired) electrons. The molecule has 8 aromatic heterocycles. The summed E-state index contributed by atoms with van der Waals surface area (Å²) in [5, 5.41) is 4.87. The van der Waals surface area contributed by atoms with Gasteiger partial charge < -0.3 is 29.6 Å². The fourth-order valence-corrected chi connectivity index (χ4v) is 23.5. The lowest BCUT2D eigenvalue weighted by atomic mass is 9.87. The van der Waals surface area contributed by atoms with Gasteiger partial charge in [-0.15, -0.1) is 0 Å². The number of fused-ring (bicyclic) bond motifs is 16. The second-order valence-electron chi connectivity index (χ2n) is 39.3. The molecule has 4 N–H and O–H groups in total. The fourth-order valence-electron chi connectivity index (χ4n) is 23.5. The number of piperazine rings is 3. The Morgan fingerprint density at radius 3 is 1.23 bits per heavy atom. The highest BCUT2D eigenvalue weighted by Crippen LogP contribution is 2.44. The molecule has 8 atom stereocenters. The summed E-state index contributed by atoms with van der Waals surface area (Å²) in [6.45, 7) is 14.3. The number of H-pyrrole nitrogens is 4. The number of benzene rings is 8. The summed E-state index contributed by atoms with van der Waals surface area (Å²) in [5.74, 6) is 0. The van der Waals surface area contributed by atoms with Gasteiger partial charge >= 0.3 is 0 Å². The van der Waals surface area contributed by atoms with Gasteiger partial charge in [0.05, 0.1) is 35.8 Å². The first-order valence-corrected chi connectivity index (χ1v) is 47.9. The molecule has 3 aliphatic carbocycles. The first kappa shape index (κ1) is 81.1. The van der Waals surface area contributed by atoms with Crippen molar-refractivity contribution in [3.05, 3.63) is 364 Å². The zero-order valence-electron chi connectivity index (χ0n) is 75.4. The highest BCUT2D eigenvalue weighted by molar-refractivity contribution is 6.00. The van der Waals surface area contributed by atoms with Crippen LogP contribution in [0.3, 0.4) is 0 Å². The van der Waals surface area contributed by atoms with E-state index in [1.807, 2.05) is 49.6 Å². The van der Waals surface area contributed by atoms with Crippen LogP contribution in [-0.4, -0.2) is 202 Å². The normalized spacial score (nSPS) is 22.1. The number of morpholine rings is 1. The van der Waals surface area contributed by atoms with Crippen LogP contribution in [0, 0.1) is 0 Å². The number of allylic oxidation sites excluding steroid dienone is 3. The minimum absolute atomic E-state index is 0.445. The zero-order valence-corrected chi connectivity index (χ0v) is 75.4. The smallest absolute Gasteiger partial charge is 0.137 e. The van der Waals surface area contributed by atoms with Gasteiger partial charge in [0.2, 0.25) is 0 Å². The van der Waals surface area contributed by atoms with E-state index in [9.17, 15) is 0 Å². The molecule has 11 fully saturated rings. The maximum Gasteiger partial charge on any atom is 0.137 e.